The van der Waals surface area contributed by atoms with Gasteiger partial charge in [0, 0.05) is 49.0 Å². The summed E-state index contributed by atoms with van der Waals surface area (Å²) >= 11 is 14.1. The van der Waals surface area contributed by atoms with Gasteiger partial charge in [-0.1, -0.05) is 29.3 Å². The van der Waals surface area contributed by atoms with E-state index in [0.717, 1.165) is 51.2 Å². The van der Waals surface area contributed by atoms with Crippen LogP contribution in [0.15, 0.2) is 48.8 Å². The Balaban J connectivity index is 1.11. The summed E-state index contributed by atoms with van der Waals surface area (Å²) in [6.07, 6.45) is 5.22. The number of benzene rings is 2. The minimum Gasteiger partial charge on any atom is -0.619 e. The molecule has 1 unspecified atom stereocenters. The van der Waals surface area contributed by atoms with Crippen LogP contribution in [-0.2, 0) is 30.7 Å². The van der Waals surface area contributed by atoms with Crippen LogP contribution < -0.4 is 23.7 Å². The maximum atomic E-state index is 14.3. The molecule has 2 atom stereocenters. The lowest BCUT2D eigenvalue weighted by molar-refractivity contribution is -0.605. The fourth-order valence-corrected chi connectivity index (χ4v) is 9.58. The van der Waals surface area contributed by atoms with E-state index in [4.69, 9.17) is 46.9 Å². The van der Waals surface area contributed by atoms with Gasteiger partial charge in [0.25, 0.3) is 5.91 Å². The van der Waals surface area contributed by atoms with Gasteiger partial charge in [-0.2, -0.15) is 13.5 Å². The molecule has 1 aromatic heterocycles. The van der Waals surface area contributed by atoms with E-state index in [-0.39, 0.29) is 69.6 Å². The number of rotatable bonds is 20. The molecule has 1 N–H and O–H groups in total. The SMILES string of the molecule is O=C(O[C@@H](Cc1c(Cl)c[n+]([O-])cc1Cl)c1ccc(OC(F)F)c(OCC2CC2)c1)C1SCCN1C(=O)c1cc(NS(=O)(=O)CCCN2CCOCC2)cc(OCC2CC2)c1. The Morgan fingerprint density at radius 2 is 1.67 bits per heavy atom. The lowest BCUT2D eigenvalue weighted by Crippen LogP contribution is -2.41. The van der Waals surface area contributed by atoms with Crippen LogP contribution in [0.2, 0.25) is 10.0 Å². The van der Waals surface area contributed by atoms with Crippen LogP contribution in [0.1, 0.15) is 59.7 Å². The molecular weight excluding hydrogens is 869 g/mol. The van der Waals surface area contributed by atoms with Gasteiger partial charge in [-0.25, -0.2) is 13.2 Å². The average molecular weight is 916 g/mol. The minimum absolute atomic E-state index is 0.000714. The third-order valence-electron chi connectivity index (χ3n) is 10.4. The highest BCUT2D eigenvalue weighted by Gasteiger charge is 2.39. The third kappa shape index (κ3) is 12.4. The van der Waals surface area contributed by atoms with Crippen LogP contribution in [0, 0.1) is 17.0 Å². The molecule has 2 saturated carbocycles. The lowest BCUT2D eigenvalue weighted by atomic mass is 10.0. The molecule has 326 valence electrons. The summed E-state index contributed by atoms with van der Waals surface area (Å²) in [7, 11) is -3.81. The molecular formula is C40H46Cl2F2N4O10S2. The number of thioether (sulfide) groups is 1. The molecule has 60 heavy (non-hydrogen) atoms. The van der Waals surface area contributed by atoms with Gasteiger partial charge in [0.1, 0.15) is 21.9 Å². The van der Waals surface area contributed by atoms with Gasteiger partial charge in [0.2, 0.25) is 10.0 Å². The fourth-order valence-electron chi connectivity index (χ4n) is 6.80. The molecule has 2 aromatic carbocycles. The number of pyridine rings is 1. The number of amides is 1. The Morgan fingerprint density at radius 1 is 0.967 bits per heavy atom. The maximum absolute atomic E-state index is 14.3. The molecule has 0 bridgehead atoms. The predicted octanol–water partition coefficient (Wildman–Crippen LogP) is 6.31. The Hall–Kier alpha value is -3.81. The number of hydrogen-bond acceptors (Lipinski definition) is 12. The zero-order valence-electron chi connectivity index (χ0n) is 32.6. The highest BCUT2D eigenvalue weighted by molar-refractivity contribution is 8.00. The molecule has 20 heteroatoms. The average Bonchev–Trinajstić information content (AvgIpc) is 4.15. The molecule has 0 radical (unpaired) electrons. The summed E-state index contributed by atoms with van der Waals surface area (Å²) in [6, 6.07) is 8.68. The topological polar surface area (TPSA) is 160 Å². The van der Waals surface area contributed by atoms with E-state index in [1.165, 1.54) is 47.0 Å². The van der Waals surface area contributed by atoms with Crippen molar-refractivity contribution in [3.05, 3.63) is 80.7 Å². The van der Waals surface area contributed by atoms with Crippen molar-refractivity contribution in [2.24, 2.45) is 11.8 Å². The standard InChI is InChI=1S/C40H46Cl2F2N4O10S2/c41-32-21-47(51)22-33(42)31(32)20-35(27-6-7-34(58-40(43)44)36(18-27)56-24-26-4-5-26)57-39(50)38-48(11-14-59-38)37(49)28-16-29(19-30(17-28)55-23-25-2-3-25)45-60(52,53)15-1-8-46-9-12-54-13-10-46/h6-7,16-19,21-22,25-26,35,38,40,45H,1-5,8-15,20,23-24H2/t35-,38?/m0/s1. The minimum atomic E-state index is -3.81. The number of halogens is 4. The number of alkyl halides is 2. The van der Waals surface area contributed by atoms with E-state index in [2.05, 4.69) is 9.62 Å². The van der Waals surface area contributed by atoms with Gasteiger partial charge in [0.15, 0.2) is 29.3 Å². The number of aromatic nitrogens is 1. The second-order valence-electron chi connectivity index (χ2n) is 15.2. The first-order chi connectivity index (χ1) is 28.8. The smallest absolute Gasteiger partial charge is 0.387 e. The molecule has 1 amide bonds. The van der Waals surface area contributed by atoms with Gasteiger partial charge < -0.3 is 33.8 Å². The lowest BCUT2D eigenvalue weighted by Gasteiger charge is -2.26. The number of sulfonamides is 1. The second kappa shape index (κ2) is 19.9. The van der Waals surface area contributed by atoms with Crippen molar-refractivity contribution in [1.29, 1.82) is 0 Å². The molecule has 0 spiro atoms. The Morgan fingerprint density at radius 3 is 2.35 bits per heavy atom. The highest BCUT2D eigenvalue weighted by Crippen LogP contribution is 2.39. The van der Waals surface area contributed by atoms with Crippen LogP contribution in [0.25, 0.3) is 0 Å². The number of carbonyl (C=O) groups is 2. The maximum Gasteiger partial charge on any atom is 0.387 e. The van der Waals surface area contributed by atoms with Crippen LogP contribution in [0.5, 0.6) is 17.2 Å². The Labute approximate surface area is 361 Å². The first-order valence-electron chi connectivity index (χ1n) is 19.8. The second-order valence-corrected chi connectivity index (χ2v) is 19.1. The van der Waals surface area contributed by atoms with Gasteiger partial charge in [-0.15, -0.1) is 11.8 Å². The molecule has 2 aliphatic carbocycles. The normalized spacial score (nSPS) is 18.9. The number of hydrogen-bond donors (Lipinski definition) is 1. The summed E-state index contributed by atoms with van der Waals surface area (Å²) in [6.45, 7) is 1.02. The van der Waals surface area contributed by atoms with Crippen molar-refractivity contribution in [3.63, 3.8) is 0 Å². The van der Waals surface area contributed by atoms with Crippen molar-refractivity contribution in [1.82, 2.24) is 9.80 Å². The van der Waals surface area contributed by atoms with E-state index in [0.29, 0.717) is 60.5 Å². The van der Waals surface area contributed by atoms with E-state index >= 15 is 0 Å². The molecule has 2 saturated heterocycles. The van der Waals surface area contributed by atoms with Gasteiger partial charge in [-0.05, 0) is 80.3 Å². The zero-order valence-corrected chi connectivity index (χ0v) is 35.7. The number of anilines is 1. The molecule has 3 heterocycles. The van der Waals surface area contributed by atoms with Crippen molar-refractivity contribution < 1.29 is 55.2 Å². The number of morpholine rings is 1. The summed E-state index contributed by atoms with van der Waals surface area (Å²) < 4.78 is 84.4. The number of nitrogens with one attached hydrogen (secondary N) is 1. The summed E-state index contributed by atoms with van der Waals surface area (Å²) in [5.74, 6) is -0.332. The van der Waals surface area contributed by atoms with Crippen molar-refractivity contribution >= 4 is 62.6 Å². The van der Waals surface area contributed by atoms with Crippen LogP contribution in [0.3, 0.4) is 0 Å². The largest absolute Gasteiger partial charge is 0.619 e. The van der Waals surface area contributed by atoms with Gasteiger partial charge in [-0.3, -0.25) is 14.4 Å². The molecule has 7 rings (SSSR count). The molecule has 4 aliphatic rings. The summed E-state index contributed by atoms with van der Waals surface area (Å²) in [5, 5.41) is 10.9. The zero-order chi connectivity index (χ0) is 42.4. The van der Waals surface area contributed by atoms with Crippen molar-refractivity contribution in [3.8, 4) is 17.2 Å². The molecule has 3 aromatic rings. The number of nitrogens with zero attached hydrogens (tertiary/aromatic N) is 3. The van der Waals surface area contributed by atoms with Crippen LogP contribution in [-0.4, -0.2) is 106 Å². The van der Waals surface area contributed by atoms with Crippen LogP contribution >= 0.6 is 35.0 Å². The number of esters is 1. The summed E-state index contributed by atoms with van der Waals surface area (Å²) in [4.78, 5) is 32.0. The monoisotopic (exact) mass is 914 g/mol. The number of carbonyl (C=O) groups excluding carboxylic acids is 2. The first-order valence-corrected chi connectivity index (χ1v) is 23.3. The Bertz CT molecular complexity index is 2100. The number of ether oxygens (including phenoxy) is 5. The van der Waals surface area contributed by atoms with E-state index in [9.17, 15) is 32.0 Å². The quantitative estimate of drug-likeness (QED) is 0.0766. The van der Waals surface area contributed by atoms with Crippen LogP contribution in [0.4, 0.5) is 14.5 Å². The third-order valence-corrected chi connectivity index (χ3v) is 13.6. The molecule has 2 aliphatic heterocycles. The van der Waals surface area contributed by atoms with Crippen molar-refractivity contribution in [2.45, 2.75) is 56.6 Å². The fraction of sp³-hybridized carbons (Fsp3) is 0.525. The van der Waals surface area contributed by atoms with Gasteiger partial charge in [0.05, 0.1) is 37.9 Å². The molecule has 4 fully saturated rings. The van der Waals surface area contributed by atoms with Crippen molar-refractivity contribution in [2.75, 3.05) is 68.8 Å². The highest BCUT2D eigenvalue weighted by atomic mass is 35.5. The van der Waals surface area contributed by atoms with E-state index < -0.39 is 40.0 Å². The van der Waals surface area contributed by atoms with Gasteiger partial charge >= 0.3 is 12.6 Å². The Kier molecular flexibility index (Phi) is 14.7. The molecule has 14 nitrogen and oxygen atoms in total. The summed E-state index contributed by atoms with van der Waals surface area (Å²) in [5.41, 5.74) is 0.860. The first kappa shape index (κ1) is 44.3. The van der Waals surface area contributed by atoms with E-state index in [1.54, 1.807) is 6.07 Å². The predicted molar refractivity (Wildman–Crippen MR) is 220 cm³/mol. The van der Waals surface area contributed by atoms with E-state index in [1.807, 2.05) is 0 Å².